The van der Waals surface area contributed by atoms with Crippen LogP contribution >= 0.6 is 0 Å². The Morgan fingerprint density at radius 2 is 2.18 bits per heavy atom. The number of rotatable bonds is 4. The topological polar surface area (TPSA) is 89.6 Å². The lowest BCUT2D eigenvalue weighted by molar-refractivity contribution is -0.147. The average molecular weight is 241 g/mol. The van der Waals surface area contributed by atoms with Crippen LogP contribution < -0.4 is 5.73 Å². The minimum absolute atomic E-state index is 0.0172. The van der Waals surface area contributed by atoms with Crippen LogP contribution in [0.3, 0.4) is 0 Å². The molecule has 0 heterocycles. The molecule has 0 fully saturated rings. The number of benzene rings is 1. The van der Waals surface area contributed by atoms with E-state index in [4.69, 9.17) is 15.6 Å². The van der Waals surface area contributed by atoms with Gasteiger partial charge in [0.15, 0.2) is 6.10 Å². The van der Waals surface area contributed by atoms with Gasteiger partial charge in [0.1, 0.15) is 5.82 Å². The fourth-order valence-electron chi connectivity index (χ4n) is 1.18. The van der Waals surface area contributed by atoms with Gasteiger partial charge < -0.3 is 15.6 Å². The van der Waals surface area contributed by atoms with Crippen molar-refractivity contribution in [2.45, 2.75) is 19.4 Å². The van der Waals surface area contributed by atoms with E-state index in [1.165, 1.54) is 6.07 Å². The number of nitrogens with two attached hydrogens (primary N) is 1. The van der Waals surface area contributed by atoms with Gasteiger partial charge in [-0.2, -0.15) is 0 Å². The molecule has 6 heteroatoms. The number of esters is 1. The molecule has 0 saturated carbocycles. The second-order valence-corrected chi connectivity index (χ2v) is 3.38. The van der Waals surface area contributed by atoms with E-state index in [2.05, 4.69) is 0 Å². The molecule has 0 amide bonds. The zero-order valence-corrected chi connectivity index (χ0v) is 9.14. The first kappa shape index (κ1) is 13.0. The lowest BCUT2D eigenvalue weighted by atomic mass is 10.2. The van der Waals surface area contributed by atoms with E-state index >= 15 is 0 Å². The standard InChI is InChI=1S/C11H12FNO4/c1-2-9(10(14)15)17-11(16)6-3-4-7(12)8(13)5-6/h3-5,9H,2,13H2,1H3,(H,14,15). The Hall–Kier alpha value is -2.11. The smallest absolute Gasteiger partial charge is 0.345 e. The van der Waals surface area contributed by atoms with Crippen LogP contribution in [0.1, 0.15) is 23.7 Å². The van der Waals surface area contributed by atoms with Crippen LogP contribution in [-0.4, -0.2) is 23.1 Å². The number of hydrogen-bond donors (Lipinski definition) is 2. The molecular formula is C11H12FNO4. The summed E-state index contributed by atoms with van der Waals surface area (Å²) in [7, 11) is 0. The van der Waals surface area contributed by atoms with E-state index < -0.39 is 23.9 Å². The number of halogens is 1. The minimum Gasteiger partial charge on any atom is -0.479 e. The van der Waals surface area contributed by atoms with Crippen LogP contribution in [-0.2, 0) is 9.53 Å². The lowest BCUT2D eigenvalue weighted by Crippen LogP contribution is -2.26. The van der Waals surface area contributed by atoms with Gasteiger partial charge in [0.25, 0.3) is 0 Å². The summed E-state index contributed by atoms with van der Waals surface area (Å²) in [5, 5.41) is 8.71. The van der Waals surface area contributed by atoms with Gasteiger partial charge in [0.05, 0.1) is 11.3 Å². The number of carbonyl (C=O) groups excluding carboxylic acids is 1. The van der Waals surface area contributed by atoms with Gasteiger partial charge in [0.2, 0.25) is 0 Å². The van der Waals surface area contributed by atoms with Crippen molar-refractivity contribution in [3.63, 3.8) is 0 Å². The molecule has 0 bridgehead atoms. The molecule has 92 valence electrons. The van der Waals surface area contributed by atoms with Crippen molar-refractivity contribution in [1.29, 1.82) is 0 Å². The maximum absolute atomic E-state index is 12.8. The Morgan fingerprint density at radius 3 is 2.65 bits per heavy atom. The molecule has 0 aliphatic rings. The van der Waals surface area contributed by atoms with Crippen molar-refractivity contribution >= 4 is 17.6 Å². The second kappa shape index (κ2) is 5.29. The first-order valence-electron chi connectivity index (χ1n) is 4.94. The summed E-state index contributed by atoms with van der Waals surface area (Å²) in [5.41, 5.74) is 5.11. The van der Waals surface area contributed by atoms with Crippen LogP contribution in [0.2, 0.25) is 0 Å². The third kappa shape index (κ3) is 3.17. The molecule has 5 nitrogen and oxygen atoms in total. The van der Waals surface area contributed by atoms with Crippen LogP contribution in [0.4, 0.5) is 10.1 Å². The van der Waals surface area contributed by atoms with Gasteiger partial charge in [-0.3, -0.25) is 0 Å². The van der Waals surface area contributed by atoms with Crippen molar-refractivity contribution in [3.05, 3.63) is 29.6 Å². The zero-order valence-electron chi connectivity index (χ0n) is 9.14. The number of carbonyl (C=O) groups is 2. The highest BCUT2D eigenvalue weighted by Crippen LogP contribution is 2.14. The molecule has 0 aromatic heterocycles. The molecule has 0 spiro atoms. The third-order valence-corrected chi connectivity index (χ3v) is 2.13. The highest BCUT2D eigenvalue weighted by atomic mass is 19.1. The monoisotopic (exact) mass is 241 g/mol. The van der Waals surface area contributed by atoms with Crippen molar-refractivity contribution < 1.29 is 23.8 Å². The van der Waals surface area contributed by atoms with Crippen LogP contribution in [0.15, 0.2) is 18.2 Å². The highest BCUT2D eigenvalue weighted by molar-refractivity contribution is 5.92. The molecule has 1 unspecified atom stereocenters. The molecule has 1 aromatic carbocycles. The number of carboxylic acid groups (broad SMARTS) is 1. The quantitative estimate of drug-likeness (QED) is 0.614. The fraction of sp³-hybridized carbons (Fsp3) is 0.273. The minimum atomic E-state index is -1.23. The summed E-state index contributed by atoms with van der Waals surface area (Å²) in [6, 6.07) is 3.31. The molecule has 1 rings (SSSR count). The summed E-state index contributed by atoms with van der Waals surface area (Å²) in [6.45, 7) is 1.57. The van der Waals surface area contributed by atoms with Gasteiger partial charge in [0, 0.05) is 0 Å². The Labute approximate surface area is 97.0 Å². The summed E-state index contributed by atoms with van der Waals surface area (Å²) in [5.74, 6) is -2.71. The predicted molar refractivity (Wildman–Crippen MR) is 57.9 cm³/mol. The Bertz CT molecular complexity index is 447. The summed E-state index contributed by atoms with van der Waals surface area (Å²) in [6.07, 6.45) is -1.06. The molecule has 0 saturated heterocycles. The summed E-state index contributed by atoms with van der Waals surface area (Å²) >= 11 is 0. The molecule has 0 radical (unpaired) electrons. The lowest BCUT2D eigenvalue weighted by Gasteiger charge is -2.11. The van der Waals surface area contributed by atoms with E-state index in [0.717, 1.165) is 12.1 Å². The largest absolute Gasteiger partial charge is 0.479 e. The number of carboxylic acids is 1. The van der Waals surface area contributed by atoms with Gasteiger partial charge >= 0.3 is 11.9 Å². The number of ether oxygens (including phenoxy) is 1. The maximum Gasteiger partial charge on any atom is 0.345 e. The molecular weight excluding hydrogens is 229 g/mol. The van der Waals surface area contributed by atoms with E-state index in [1.807, 2.05) is 0 Å². The van der Waals surface area contributed by atoms with E-state index in [0.29, 0.717) is 0 Å². The summed E-state index contributed by atoms with van der Waals surface area (Å²) < 4.78 is 17.6. The number of anilines is 1. The number of aliphatic carboxylic acids is 1. The van der Waals surface area contributed by atoms with Gasteiger partial charge in [-0.05, 0) is 24.6 Å². The third-order valence-electron chi connectivity index (χ3n) is 2.13. The molecule has 0 aliphatic carbocycles. The second-order valence-electron chi connectivity index (χ2n) is 3.38. The van der Waals surface area contributed by atoms with Crippen LogP contribution in [0.25, 0.3) is 0 Å². The molecule has 3 N–H and O–H groups in total. The molecule has 0 aliphatic heterocycles. The molecule has 17 heavy (non-hydrogen) atoms. The molecule has 1 atom stereocenters. The zero-order chi connectivity index (χ0) is 13.0. The van der Waals surface area contributed by atoms with Crippen molar-refractivity contribution in [2.24, 2.45) is 0 Å². The highest BCUT2D eigenvalue weighted by Gasteiger charge is 2.21. The van der Waals surface area contributed by atoms with E-state index in [9.17, 15) is 14.0 Å². The molecule has 1 aromatic rings. The van der Waals surface area contributed by atoms with E-state index in [1.54, 1.807) is 6.92 Å². The van der Waals surface area contributed by atoms with Gasteiger partial charge in [-0.25, -0.2) is 14.0 Å². The summed E-state index contributed by atoms with van der Waals surface area (Å²) in [4.78, 5) is 22.2. The van der Waals surface area contributed by atoms with Crippen molar-refractivity contribution in [3.8, 4) is 0 Å². The first-order valence-corrected chi connectivity index (χ1v) is 4.94. The Balaban J connectivity index is 2.82. The Kier molecular flexibility index (Phi) is 4.03. The average Bonchev–Trinajstić information content (AvgIpc) is 2.28. The number of nitrogen functional groups attached to an aromatic ring is 1. The first-order chi connectivity index (χ1) is 7.95. The predicted octanol–water partition coefficient (Wildman–Crippen LogP) is 1.43. The van der Waals surface area contributed by atoms with Gasteiger partial charge in [-0.1, -0.05) is 6.92 Å². The SMILES string of the molecule is CCC(OC(=O)c1ccc(F)c(N)c1)C(=O)O. The van der Waals surface area contributed by atoms with Crippen molar-refractivity contribution in [2.75, 3.05) is 5.73 Å². The normalized spacial score (nSPS) is 11.9. The van der Waals surface area contributed by atoms with E-state index in [-0.39, 0.29) is 17.7 Å². The Morgan fingerprint density at radius 1 is 1.53 bits per heavy atom. The van der Waals surface area contributed by atoms with Gasteiger partial charge in [-0.15, -0.1) is 0 Å². The van der Waals surface area contributed by atoms with Crippen LogP contribution in [0.5, 0.6) is 0 Å². The maximum atomic E-state index is 12.8. The van der Waals surface area contributed by atoms with Crippen LogP contribution in [0, 0.1) is 5.82 Å². The van der Waals surface area contributed by atoms with Crippen molar-refractivity contribution in [1.82, 2.24) is 0 Å². The fourth-order valence-corrected chi connectivity index (χ4v) is 1.18. The number of hydrogen-bond acceptors (Lipinski definition) is 4.